The number of urea groups is 1. The van der Waals surface area contributed by atoms with Crippen LogP contribution in [0.15, 0.2) is 61.9 Å². The van der Waals surface area contributed by atoms with Gasteiger partial charge in [0.25, 0.3) is 10.0 Å². The summed E-state index contributed by atoms with van der Waals surface area (Å²) in [6, 6.07) is 7.56. The molecule has 0 atom stereocenters. The number of rotatable bonds is 10. The fourth-order valence-corrected chi connectivity index (χ4v) is 7.32. The molecule has 2 N–H and O–H groups in total. The second kappa shape index (κ2) is 16.1. The highest BCUT2D eigenvalue weighted by Crippen LogP contribution is 2.33. The number of nitrogens with one attached hydrogen (secondary N) is 2. The first-order valence-electron chi connectivity index (χ1n) is 15.0. The Morgan fingerprint density at radius 3 is 2.25 bits per heavy atom. The Hall–Kier alpha value is -5.36. The van der Waals surface area contributed by atoms with Gasteiger partial charge >= 0.3 is 11.8 Å². The minimum absolute atomic E-state index is 0.0434. The molecule has 4 aromatic heterocycles. The summed E-state index contributed by atoms with van der Waals surface area (Å²) in [4.78, 5) is 36.0. The Kier molecular flexibility index (Phi) is 12.3. The van der Waals surface area contributed by atoms with E-state index >= 15 is 0 Å². The molecule has 0 unspecified atom stereocenters. The molecule has 0 bridgehead atoms. The Morgan fingerprint density at radius 2 is 1.68 bits per heavy atom. The van der Waals surface area contributed by atoms with E-state index in [1.807, 2.05) is 20.8 Å². The second-order valence-electron chi connectivity index (χ2n) is 11.5. The number of hydrogen-bond acceptors (Lipinski definition) is 14. The van der Waals surface area contributed by atoms with E-state index in [1.165, 1.54) is 57.7 Å². The van der Waals surface area contributed by atoms with Gasteiger partial charge < -0.3 is 18.6 Å². The average molecular weight is 812 g/mol. The number of amides is 2. The zero-order valence-corrected chi connectivity index (χ0v) is 32.0. The van der Waals surface area contributed by atoms with Crippen LogP contribution in [0, 0.1) is 12.3 Å². The van der Waals surface area contributed by atoms with Crippen LogP contribution in [0.4, 0.5) is 10.7 Å². The lowest BCUT2D eigenvalue weighted by Crippen LogP contribution is -2.36. The second-order valence-corrected chi connectivity index (χ2v) is 16.1. The number of aromatic nitrogens is 6. The first kappa shape index (κ1) is 40.4. The highest BCUT2D eigenvalue weighted by atomic mass is 35.5. The number of imidazole rings is 1. The Bertz CT molecular complexity index is 2460. The molecule has 282 valence electrons. The summed E-state index contributed by atoms with van der Waals surface area (Å²) < 4.78 is 75.0. The number of ether oxygens (including phenoxy) is 3. The van der Waals surface area contributed by atoms with Gasteiger partial charge in [0, 0.05) is 17.7 Å². The molecular formula is C31H32Cl2N8O10S2. The van der Waals surface area contributed by atoms with Gasteiger partial charge in [-0.15, -0.1) is 11.5 Å². The van der Waals surface area contributed by atoms with Gasteiger partial charge in [-0.1, -0.05) is 62.9 Å². The summed E-state index contributed by atoms with van der Waals surface area (Å²) in [6.07, 6.45) is 6.47. The van der Waals surface area contributed by atoms with Crippen molar-refractivity contribution in [3.8, 4) is 35.5 Å². The topological polar surface area (TPSA) is 228 Å². The molecule has 0 fully saturated rings. The van der Waals surface area contributed by atoms with Gasteiger partial charge in [0.1, 0.15) is 18.0 Å². The van der Waals surface area contributed by atoms with Crippen molar-refractivity contribution in [2.45, 2.75) is 43.2 Å². The fourth-order valence-electron chi connectivity index (χ4n) is 4.15. The lowest BCUT2D eigenvalue weighted by molar-refractivity contribution is 0.256. The van der Waals surface area contributed by atoms with E-state index in [0.717, 1.165) is 9.08 Å². The Morgan fingerprint density at radius 1 is 1.02 bits per heavy atom. The molecule has 0 spiro atoms. The highest BCUT2D eigenvalue weighted by Gasteiger charge is 2.33. The molecule has 22 heteroatoms. The van der Waals surface area contributed by atoms with Crippen molar-refractivity contribution in [2.24, 2.45) is 0 Å². The number of nitrogens with zero attached hydrogens (tertiary/aromatic N) is 6. The maximum absolute atomic E-state index is 13.0. The molecule has 1 aromatic carbocycles. The number of fused-ring (bicyclic) bond motifs is 1. The molecule has 0 radical (unpaired) electrons. The van der Waals surface area contributed by atoms with Crippen LogP contribution >= 0.6 is 23.2 Å². The van der Waals surface area contributed by atoms with Crippen LogP contribution in [-0.4, -0.2) is 78.6 Å². The van der Waals surface area contributed by atoms with Crippen molar-refractivity contribution in [1.29, 1.82) is 0 Å². The minimum atomic E-state index is -4.68. The van der Waals surface area contributed by atoms with Gasteiger partial charge in [0.05, 0.1) is 41.8 Å². The number of methoxy groups -OCH3 is 2. The predicted molar refractivity (Wildman–Crippen MR) is 193 cm³/mol. The van der Waals surface area contributed by atoms with Crippen LogP contribution in [-0.2, 0) is 25.3 Å². The largest absolute Gasteiger partial charge is 0.481 e. The van der Waals surface area contributed by atoms with E-state index in [0.29, 0.717) is 17.3 Å². The maximum Gasteiger partial charge on any atom is 0.442 e. The van der Waals surface area contributed by atoms with Crippen LogP contribution < -0.4 is 30.0 Å². The molecule has 4 heterocycles. The summed E-state index contributed by atoms with van der Waals surface area (Å²) in [5.41, 5.74) is -0.0231. The van der Waals surface area contributed by atoms with Crippen molar-refractivity contribution in [3.63, 3.8) is 0 Å². The number of hydrogen-bond donors (Lipinski definition) is 2. The molecule has 18 nitrogen and oxygen atoms in total. The van der Waals surface area contributed by atoms with E-state index in [1.54, 1.807) is 10.8 Å². The van der Waals surface area contributed by atoms with Crippen LogP contribution in [0.3, 0.4) is 0 Å². The molecule has 2 amide bonds. The first-order valence-corrected chi connectivity index (χ1v) is 18.9. The van der Waals surface area contributed by atoms with Crippen molar-refractivity contribution in [3.05, 3.63) is 69.1 Å². The third kappa shape index (κ3) is 9.36. The molecule has 0 saturated carbocycles. The van der Waals surface area contributed by atoms with E-state index in [4.69, 9.17) is 48.3 Å². The normalized spacial score (nSPS) is 11.6. The van der Waals surface area contributed by atoms with E-state index in [9.17, 15) is 26.4 Å². The third-order valence-electron chi connectivity index (χ3n) is 6.67. The number of pyridine rings is 1. The Balaban J connectivity index is 0.000000251. The summed E-state index contributed by atoms with van der Waals surface area (Å²) in [7, 11) is -6.04. The van der Waals surface area contributed by atoms with Crippen LogP contribution in [0.25, 0.3) is 11.3 Å². The lowest BCUT2D eigenvalue weighted by atomic mass is 9.97. The molecule has 53 heavy (non-hydrogen) atoms. The van der Waals surface area contributed by atoms with Crippen molar-refractivity contribution >= 4 is 60.7 Å². The SMILES string of the molecule is C#CCOc1cc(-n2nc(C(C)(C)C)oc2=O)c(Cl)cc1Cl.CCS(=O)(=O)c1nc2ccccn2c1S(=O)(=O)NC(=O)Nc1nc(OC)cc(OC)n1. The molecule has 0 aliphatic rings. The van der Waals surface area contributed by atoms with Crippen LogP contribution in [0.2, 0.25) is 10.0 Å². The van der Waals surface area contributed by atoms with E-state index in [2.05, 4.69) is 31.3 Å². The summed E-state index contributed by atoms with van der Waals surface area (Å²) in [5, 5.41) is 5.49. The van der Waals surface area contributed by atoms with Gasteiger partial charge in [0.15, 0.2) is 19.9 Å². The van der Waals surface area contributed by atoms with E-state index < -0.39 is 47.1 Å². The van der Waals surface area contributed by atoms with Crippen molar-refractivity contribution in [2.75, 3.05) is 31.9 Å². The molecule has 0 saturated heterocycles. The van der Waals surface area contributed by atoms with Crippen LogP contribution in [0.1, 0.15) is 33.6 Å². The lowest BCUT2D eigenvalue weighted by Gasteiger charge is -2.11. The van der Waals surface area contributed by atoms with E-state index in [-0.39, 0.29) is 45.8 Å². The zero-order valence-electron chi connectivity index (χ0n) is 28.9. The number of terminal acetylenes is 1. The van der Waals surface area contributed by atoms with Crippen molar-refractivity contribution < 1.29 is 40.3 Å². The smallest absolute Gasteiger partial charge is 0.442 e. The monoisotopic (exact) mass is 810 g/mol. The average Bonchev–Trinajstić information content (AvgIpc) is 3.70. The van der Waals surface area contributed by atoms with Crippen molar-refractivity contribution in [1.82, 2.24) is 33.9 Å². The fraction of sp³-hybridized carbons (Fsp3) is 0.290. The number of sulfonamides is 1. The summed E-state index contributed by atoms with van der Waals surface area (Å²) in [5.74, 6) is 1.74. The molecule has 0 aliphatic carbocycles. The number of anilines is 1. The zero-order chi connectivity index (χ0) is 39.3. The number of sulfone groups is 1. The number of benzene rings is 1. The number of halogens is 2. The molecule has 5 aromatic rings. The third-order valence-corrected chi connectivity index (χ3v) is 10.4. The summed E-state index contributed by atoms with van der Waals surface area (Å²) >= 11 is 12.2. The van der Waals surface area contributed by atoms with Gasteiger partial charge in [0.2, 0.25) is 23.6 Å². The minimum Gasteiger partial charge on any atom is -0.481 e. The predicted octanol–water partition coefficient (Wildman–Crippen LogP) is 3.89. The number of carbonyl (C=O) groups is 1. The highest BCUT2D eigenvalue weighted by molar-refractivity contribution is 7.93. The first-order chi connectivity index (χ1) is 24.8. The quantitative estimate of drug-likeness (QED) is 0.191. The number of carbonyl (C=O) groups excluding carboxylic acids is 1. The van der Waals surface area contributed by atoms with Crippen LogP contribution in [0.5, 0.6) is 17.5 Å². The van der Waals surface area contributed by atoms with Gasteiger partial charge in [-0.25, -0.2) is 27.7 Å². The molecular weight excluding hydrogens is 779 g/mol. The molecule has 5 rings (SSSR count). The van der Waals surface area contributed by atoms with Gasteiger partial charge in [-0.2, -0.15) is 23.1 Å². The van der Waals surface area contributed by atoms with Gasteiger partial charge in [-0.3, -0.25) is 9.72 Å². The van der Waals surface area contributed by atoms with Gasteiger partial charge in [-0.05, 0) is 18.2 Å². The Labute approximate surface area is 313 Å². The molecule has 0 aliphatic heterocycles. The maximum atomic E-state index is 13.0. The summed E-state index contributed by atoms with van der Waals surface area (Å²) in [6.45, 7) is 7.04. The standard InChI is InChI=1S/C16H18N6O7S2.C15H14Cl2N2O3/c1-4-30(24,25)13-14(22-8-6-5-7-10(22)17-13)31(26,27)21-16(23)20-15-18-11(28-2)9-12(19-15)29-3;1-5-6-21-12-8-11(9(16)7-10(12)17)19-14(20)22-13(18-19)15(2,3)4/h5-9H,4H2,1-3H3,(H2,18,19,20,21,23);1,7-8H,6H2,2-4H3.